The molecule has 0 aliphatic rings. The minimum Gasteiger partial charge on any atom is -0.481 e. The fraction of sp³-hybridized carbons (Fsp3) is 0.333. The number of aliphatic carboxylic acids is 1. The molecule has 0 aliphatic carbocycles. The summed E-state index contributed by atoms with van der Waals surface area (Å²) in [6.45, 7) is 1.71. The Morgan fingerprint density at radius 3 is 2.63 bits per heavy atom. The molecule has 0 saturated heterocycles. The molecule has 0 radical (unpaired) electrons. The summed E-state index contributed by atoms with van der Waals surface area (Å²) in [7, 11) is 0. The van der Waals surface area contributed by atoms with Gasteiger partial charge in [0.05, 0.1) is 5.92 Å². The van der Waals surface area contributed by atoms with Crippen LogP contribution in [-0.4, -0.2) is 23.7 Å². The van der Waals surface area contributed by atoms with Crippen LogP contribution < -0.4 is 10.6 Å². The smallest absolute Gasteiger partial charge is 0.319 e. The molecule has 7 heteroatoms. The van der Waals surface area contributed by atoms with E-state index in [-0.39, 0.29) is 17.3 Å². The number of anilines is 1. The quantitative estimate of drug-likeness (QED) is 0.779. The second-order valence-electron chi connectivity index (χ2n) is 3.94. The molecule has 104 valence electrons. The number of carboxylic acid groups (broad SMARTS) is 1. The maximum Gasteiger partial charge on any atom is 0.319 e. The van der Waals surface area contributed by atoms with E-state index in [0.29, 0.717) is 6.42 Å². The van der Waals surface area contributed by atoms with Gasteiger partial charge in [-0.2, -0.15) is 0 Å². The zero-order valence-corrected chi connectivity index (χ0v) is 11.0. The summed E-state index contributed by atoms with van der Waals surface area (Å²) < 4.78 is 13.0. The third kappa shape index (κ3) is 5.13. The Morgan fingerprint density at radius 2 is 2.11 bits per heavy atom. The van der Waals surface area contributed by atoms with E-state index in [1.165, 1.54) is 6.07 Å². The van der Waals surface area contributed by atoms with Crippen LogP contribution >= 0.6 is 11.6 Å². The number of hydrogen-bond acceptors (Lipinski definition) is 2. The first kappa shape index (κ1) is 15.2. The third-order valence-corrected chi connectivity index (χ3v) is 2.69. The van der Waals surface area contributed by atoms with Gasteiger partial charge in [0.2, 0.25) is 0 Å². The molecule has 1 rings (SSSR count). The lowest BCUT2D eigenvalue weighted by molar-refractivity contribution is -0.141. The van der Waals surface area contributed by atoms with Crippen LogP contribution in [0.4, 0.5) is 14.9 Å². The van der Waals surface area contributed by atoms with Crippen molar-refractivity contribution in [3.05, 3.63) is 29.0 Å². The van der Waals surface area contributed by atoms with Crippen molar-refractivity contribution in [3.8, 4) is 0 Å². The van der Waals surface area contributed by atoms with E-state index in [2.05, 4.69) is 10.6 Å². The fourth-order valence-electron chi connectivity index (χ4n) is 1.42. The Labute approximate surface area is 114 Å². The van der Waals surface area contributed by atoms with E-state index < -0.39 is 23.7 Å². The van der Waals surface area contributed by atoms with Gasteiger partial charge in [0, 0.05) is 17.3 Å². The highest BCUT2D eigenvalue weighted by atomic mass is 35.5. The first-order valence-electron chi connectivity index (χ1n) is 5.66. The predicted octanol–water partition coefficient (Wildman–Crippen LogP) is 2.71. The molecule has 0 fully saturated rings. The minimum atomic E-state index is -0.975. The highest BCUT2D eigenvalue weighted by Crippen LogP contribution is 2.17. The Hall–Kier alpha value is -1.82. The van der Waals surface area contributed by atoms with Crippen LogP contribution in [0.5, 0.6) is 0 Å². The number of carbonyl (C=O) groups excluding carboxylic acids is 1. The highest BCUT2D eigenvalue weighted by Gasteiger charge is 2.15. The molecule has 1 aromatic rings. The largest absolute Gasteiger partial charge is 0.481 e. The van der Waals surface area contributed by atoms with Gasteiger partial charge in [-0.15, -0.1) is 0 Å². The average molecular weight is 289 g/mol. The Kier molecular flexibility index (Phi) is 5.57. The summed E-state index contributed by atoms with van der Waals surface area (Å²) in [5.41, 5.74) is 0.200. The lowest BCUT2D eigenvalue weighted by atomic mass is 10.1. The van der Waals surface area contributed by atoms with Crippen LogP contribution in [0.15, 0.2) is 18.2 Å². The SMILES string of the molecule is CCC(CNC(=O)Nc1cc(F)cc(Cl)c1)C(=O)O. The van der Waals surface area contributed by atoms with Gasteiger partial charge in [-0.1, -0.05) is 18.5 Å². The number of nitrogens with one attached hydrogen (secondary N) is 2. The topological polar surface area (TPSA) is 78.4 Å². The number of carbonyl (C=O) groups is 2. The summed E-state index contributed by atoms with van der Waals surface area (Å²) >= 11 is 5.64. The van der Waals surface area contributed by atoms with E-state index >= 15 is 0 Å². The van der Waals surface area contributed by atoms with Gasteiger partial charge in [0.25, 0.3) is 0 Å². The lowest BCUT2D eigenvalue weighted by Gasteiger charge is -2.12. The summed E-state index contributed by atoms with van der Waals surface area (Å²) in [6.07, 6.45) is 0.404. The number of carboxylic acids is 1. The average Bonchev–Trinajstić information content (AvgIpc) is 2.27. The first-order valence-corrected chi connectivity index (χ1v) is 6.04. The van der Waals surface area contributed by atoms with Crippen LogP contribution in [0.2, 0.25) is 5.02 Å². The number of rotatable bonds is 5. The van der Waals surface area contributed by atoms with E-state index in [1.807, 2.05) is 0 Å². The number of amides is 2. The van der Waals surface area contributed by atoms with Gasteiger partial charge >= 0.3 is 12.0 Å². The van der Waals surface area contributed by atoms with E-state index in [1.54, 1.807) is 6.92 Å². The third-order valence-electron chi connectivity index (χ3n) is 2.47. The van der Waals surface area contributed by atoms with Crippen LogP contribution in [0.3, 0.4) is 0 Å². The maximum atomic E-state index is 13.0. The van der Waals surface area contributed by atoms with Crippen LogP contribution in [0.1, 0.15) is 13.3 Å². The summed E-state index contributed by atoms with van der Waals surface area (Å²) in [6, 6.07) is 3.00. The van der Waals surface area contributed by atoms with Gasteiger partial charge in [0.15, 0.2) is 0 Å². The Balaban J connectivity index is 2.53. The first-order chi connectivity index (χ1) is 8.92. The van der Waals surface area contributed by atoms with Crippen LogP contribution in [0, 0.1) is 11.7 Å². The summed E-state index contributed by atoms with van der Waals surface area (Å²) in [5.74, 6) is -2.20. The van der Waals surface area contributed by atoms with E-state index in [4.69, 9.17) is 16.7 Å². The zero-order chi connectivity index (χ0) is 14.4. The number of urea groups is 1. The molecular formula is C12H14ClFN2O3. The van der Waals surface area contributed by atoms with Gasteiger partial charge in [-0.25, -0.2) is 9.18 Å². The monoisotopic (exact) mass is 288 g/mol. The van der Waals surface area contributed by atoms with Gasteiger partial charge in [0.1, 0.15) is 5.82 Å². The molecule has 1 atom stereocenters. The zero-order valence-electron chi connectivity index (χ0n) is 10.2. The van der Waals surface area contributed by atoms with Crippen molar-refractivity contribution < 1.29 is 19.1 Å². The number of benzene rings is 1. The molecule has 2 amide bonds. The molecule has 5 nitrogen and oxygen atoms in total. The number of halogens is 2. The maximum absolute atomic E-state index is 13.0. The Bertz CT molecular complexity index is 462. The summed E-state index contributed by atoms with van der Waals surface area (Å²) in [4.78, 5) is 22.2. The second-order valence-corrected chi connectivity index (χ2v) is 4.37. The van der Waals surface area contributed by atoms with Gasteiger partial charge in [-0.3, -0.25) is 4.79 Å². The van der Waals surface area contributed by atoms with Crippen molar-refractivity contribution in [2.24, 2.45) is 5.92 Å². The van der Waals surface area contributed by atoms with Crippen molar-refractivity contribution in [1.82, 2.24) is 5.32 Å². The molecule has 1 aromatic carbocycles. The van der Waals surface area contributed by atoms with E-state index in [0.717, 1.165) is 12.1 Å². The summed E-state index contributed by atoms with van der Waals surface area (Å²) in [5, 5.41) is 13.7. The molecule has 3 N–H and O–H groups in total. The standard InChI is InChI=1S/C12H14ClFN2O3/c1-2-7(11(17)18)6-15-12(19)16-10-4-8(13)3-9(14)5-10/h3-5,7H,2,6H2,1H3,(H,17,18)(H2,15,16,19). The predicted molar refractivity (Wildman–Crippen MR) is 69.8 cm³/mol. The molecule has 1 unspecified atom stereocenters. The molecule has 0 bridgehead atoms. The molecule has 0 saturated carbocycles. The van der Waals surface area contributed by atoms with Crippen molar-refractivity contribution in [1.29, 1.82) is 0 Å². The highest BCUT2D eigenvalue weighted by molar-refractivity contribution is 6.30. The van der Waals surface area contributed by atoms with Crippen molar-refractivity contribution in [2.75, 3.05) is 11.9 Å². The molecular weight excluding hydrogens is 275 g/mol. The minimum absolute atomic E-state index is 0.000709. The Morgan fingerprint density at radius 1 is 1.42 bits per heavy atom. The fourth-order valence-corrected chi connectivity index (χ4v) is 1.65. The normalized spacial score (nSPS) is 11.7. The van der Waals surface area contributed by atoms with Crippen LogP contribution in [0.25, 0.3) is 0 Å². The van der Waals surface area contributed by atoms with Crippen LogP contribution in [-0.2, 0) is 4.79 Å². The number of hydrogen-bond donors (Lipinski definition) is 3. The molecule has 19 heavy (non-hydrogen) atoms. The van der Waals surface area contributed by atoms with Crippen molar-refractivity contribution in [3.63, 3.8) is 0 Å². The van der Waals surface area contributed by atoms with E-state index in [9.17, 15) is 14.0 Å². The van der Waals surface area contributed by atoms with Gasteiger partial charge in [-0.05, 0) is 24.6 Å². The molecule has 0 aromatic heterocycles. The van der Waals surface area contributed by atoms with Gasteiger partial charge < -0.3 is 15.7 Å². The molecule has 0 heterocycles. The second kappa shape index (κ2) is 6.94. The van der Waals surface area contributed by atoms with Crippen molar-refractivity contribution in [2.45, 2.75) is 13.3 Å². The lowest BCUT2D eigenvalue weighted by Crippen LogP contribution is -2.35. The molecule has 0 spiro atoms. The van der Waals surface area contributed by atoms with Crippen molar-refractivity contribution >= 4 is 29.3 Å². The molecule has 0 aliphatic heterocycles.